The van der Waals surface area contributed by atoms with Gasteiger partial charge in [-0.05, 0) is 42.7 Å². The molecule has 0 saturated heterocycles. The number of ether oxygens (including phenoxy) is 2. The number of benzene rings is 2. The summed E-state index contributed by atoms with van der Waals surface area (Å²) in [6, 6.07) is 11.2. The molecular formula is C29H34F2O5. The number of carboxylic acid groups (broad SMARTS) is 1. The number of halogens is 2. The second-order valence-corrected chi connectivity index (χ2v) is 9.23. The lowest BCUT2D eigenvalue weighted by Crippen LogP contribution is -2.31. The molecule has 194 valence electrons. The Balaban J connectivity index is 1.80. The van der Waals surface area contributed by atoms with Crippen LogP contribution in [-0.2, 0) is 9.53 Å². The number of aliphatic carboxylic acids is 1. The fourth-order valence-electron chi connectivity index (χ4n) is 4.61. The predicted octanol–water partition coefficient (Wildman–Crippen LogP) is 7.35. The van der Waals surface area contributed by atoms with Crippen molar-refractivity contribution in [3.8, 4) is 5.75 Å². The van der Waals surface area contributed by atoms with Crippen LogP contribution in [0.25, 0.3) is 10.8 Å². The highest BCUT2D eigenvalue weighted by Gasteiger charge is 2.36. The highest BCUT2D eigenvalue weighted by atomic mass is 19.3. The fraction of sp³-hybridized carbons (Fsp3) is 0.448. The van der Waals surface area contributed by atoms with E-state index in [0.29, 0.717) is 30.6 Å². The zero-order chi connectivity index (χ0) is 26.1. The topological polar surface area (TPSA) is 72.8 Å². The van der Waals surface area contributed by atoms with Crippen molar-refractivity contribution in [3.05, 3.63) is 65.8 Å². The van der Waals surface area contributed by atoms with E-state index in [0.717, 1.165) is 29.2 Å². The first-order valence-corrected chi connectivity index (χ1v) is 12.5. The number of Topliss-reactive ketones (excluding diaryl/α,β-unsaturated/α-hetero) is 1. The number of rotatable bonds is 14. The summed E-state index contributed by atoms with van der Waals surface area (Å²) in [5.41, 5.74) is 0.294. The number of hydrogen-bond donors (Lipinski definition) is 1. The Labute approximate surface area is 210 Å². The third-order valence-electron chi connectivity index (χ3n) is 6.95. The Morgan fingerprint density at radius 3 is 2.56 bits per heavy atom. The van der Waals surface area contributed by atoms with Crippen LogP contribution in [0.15, 0.2) is 60.2 Å². The molecule has 0 radical (unpaired) electrons. The lowest BCUT2D eigenvalue weighted by molar-refractivity contribution is -0.150. The molecule has 5 nitrogen and oxygen atoms in total. The fourth-order valence-corrected chi connectivity index (χ4v) is 4.61. The molecule has 0 spiro atoms. The maximum absolute atomic E-state index is 13.4. The summed E-state index contributed by atoms with van der Waals surface area (Å²) in [5.74, 6) is -0.569. The molecule has 0 bridgehead atoms. The van der Waals surface area contributed by atoms with Gasteiger partial charge in [-0.1, -0.05) is 75.2 Å². The quantitative estimate of drug-likeness (QED) is 0.275. The first kappa shape index (κ1) is 27.5. The van der Waals surface area contributed by atoms with E-state index in [4.69, 9.17) is 4.74 Å². The maximum atomic E-state index is 13.4. The van der Waals surface area contributed by atoms with Crippen LogP contribution in [-0.4, -0.2) is 36.2 Å². The van der Waals surface area contributed by atoms with E-state index >= 15 is 0 Å². The van der Waals surface area contributed by atoms with Crippen LogP contribution in [0.5, 0.6) is 5.75 Å². The molecule has 1 aliphatic rings. The Morgan fingerprint density at radius 1 is 1.14 bits per heavy atom. The number of hydrogen-bond acceptors (Lipinski definition) is 4. The summed E-state index contributed by atoms with van der Waals surface area (Å²) >= 11 is 0. The molecule has 0 aliphatic heterocycles. The monoisotopic (exact) mass is 500 g/mol. The van der Waals surface area contributed by atoms with Crippen molar-refractivity contribution in [1.29, 1.82) is 0 Å². The Bertz CT molecular complexity index is 1120. The number of ketones is 1. The number of alkyl halides is 2. The van der Waals surface area contributed by atoms with E-state index in [1.54, 1.807) is 24.3 Å². The van der Waals surface area contributed by atoms with Crippen molar-refractivity contribution in [2.24, 2.45) is 5.41 Å². The summed E-state index contributed by atoms with van der Waals surface area (Å²) in [6.07, 6.45) is 7.76. The average Bonchev–Trinajstić information content (AvgIpc) is 2.87. The number of fused-ring (bicyclic) bond motifs is 1. The molecule has 0 amide bonds. The van der Waals surface area contributed by atoms with Gasteiger partial charge >= 0.3 is 12.6 Å². The van der Waals surface area contributed by atoms with Gasteiger partial charge in [-0.3, -0.25) is 9.59 Å². The number of unbranched alkanes of at least 4 members (excludes halogenated alkanes) is 1. The Hall–Kier alpha value is -3.06. The second-order valence-electron chi connectivity index (χ2n) is 9.23. The van der Waals surface area contributed by atoms with E-state index in [1.807, 2.05) is 44.2 Å². The largest absolute Gasteiger partial charge is 0.488 e. The molecule has 2 aromatic carbocycles. The predicted molar refractivity (Wildman–Crippen MR) is 136 cm³/mol. The summed E-state index contributed by atoms with van der Waals surface area (Å²) in [5, 5.41) is 11.6. The molecule has 2 atom stereocenters. The van der Waals surface area contributed by atoms with Crippen molar-refractivity contribution in [3.63, 3.8) is 0 Å². The SMILES string of the molecule is CCCCC(CC)(CCC(=O)c1ccc2ccccc2c1OCC1=CCC(OC(F)F)C=C1)C(=O)O. The van der Waals surface area contributed by atoms with Gasteiger partial charge in [-0.25, -0.2) is 0 Å². The Morgan fingerprint density at radius 2 is 1.92 bits per heavy atom. The average molecular weight is 501 g/mol. The van der Waals surface area contributed by atoms with Crippen LogP contribution in [0, 0.1) is 5.41 Å². The van der Waals surface area contributed by atoms with Crippen LogP contribution < -0.4 is 4.74 Å². The van der Waals surface area contributed by atoms with Gasteiger partial charge in [-0.2, -0.15) is 8.78 Å². The first-order valence-electron chi connectivity index (χ1n) is 12.5. The van der Waals surface area contributed by atoms with Crippen molar-refractivity contribution in [2.45, 2.75) is 71.5 Å². The van der Waals surface area contributed by atoms with Gasteiger partial charge in [0.2, 0.25) is 0 Å². The molecule has 0 aromatic heterocycles. The van der Waals surface area contributed by atoms with Gasteiger partial charge < -0.3 is 14.6 Å². The molecule has 2 aromatic rings. The van der Waals surface area contributed by atoms with Crippen LogP contribution in [0.4, 0.5) is 8.78 Å². The summed E-state index contributed by atoms with van der Waals surface area (Å²) in [7, 11) is 0. The van der Waals surface area contributed by atoms with Crippen molar-refractivity contribution in [1.82, 2.24) is 0 Å². The summed E-state index contributed by atoms with van der Waals surface area (Å²) in [4.78, 5) is 25.5. The highest BCUT2D eigenvalue weighted by molar-refractivity contribution is 6.05. The number of carbonyl (C=O) groups is 2. The van der Waals surface area contributed by atoms with Gasteiger partial charge in [0, 0.05) is 11.8 Å². The smallest absolute Gasteiger partial charge is 0.345 e. The van der Waals surface area contributed by atoms with E-state index in [2.05, 4.69) is 4.74 Å². The number of carboxylic acids is 1. The highest BCUT2D eigenvalue weighted by Crippen LogP contribution is 2.37. The molecule has 7 heteroatoms. The van der Waals surface area contributed by atoms with Crippen molar-refractivity contribution >= 4 is 22.5 Å². The molecule has 3 rings (SSSR count). The van der Waals surface area contributed by atoms with Crippen LogP contribution in [0.1, 0.15) is 69.2 Å². The molecular weight excluding hydrogens is 466 g/mol. The zero-order valence-electron chi connectivity index (χ0n) is 20.8. The third-order valence-corrected chi connectivity index (χ3v) is 6.95. The third kappa shape index (κ3) is 6.78. The molecule has 1 aliphatic carbocycles. The molecule has 0 heterocycles. The lowest BCUT2D eigenvalue weighted by atomic mass is 9.75. The molecule has 36 heavy (non-hydrogen) atoms. The number of carbonyl (C=O) groups excluding carboxylic acids is 1. The van der Waals surface area contributed by atoms with Crippen molar-refractivity contribution < 1.29 is 33.0 Å². The van der Waals surface area contributed by atoms with Crippen LogP contribution in [0.3, 0.4) is 0 Å². The van der Waals surface area contributed by atoms with Gasteiger partial charge in [0.25, 0.3) is 0 Å². The minimum absolute atomic E-state index is 0.105. The Kier molecular flexibility index (Phi) is 9.76. The van der Waals surface area contributed by atoms with Gasteiger partial charge in [0.1, 0.15) is 12.4 Å². The summed E-state index contributed by atoms with van der Waals surface area (Å²) < 4.78 is 35.6. The second kappa shape index (κ2) is 12.8. The first-order chi connectivity index (χ1) is 17.3. The standard InChI is InChI=1S/C29H34F2O5/c1-3-5-17-29(4-2,27(33)34)18-16-25(32)24-15-12-21-8-6-7-9-23(21)26(24)35-19-20-10-13-22(14-11-20)36-28(30)31/h6-13,15,22,28H,3-5,14,16-19H2,1-2H3,(H,33,34). The van der Waals surface area contributed by atoms with Gasteiger partial charge in [-0.15, -0.1) is 0 Å². The minimum atomic E-state index is -2.83. The van der Waals surface area contributed by atoms with E-state index in [9.17, 15) is 23.5 Å². The molecule has 0 fully saturated rings. The van der Waals surface area contributed by atoms with Crippen molar-refractivity contribution in [2.75, 3.05) is 6.61 Å². The minimum Gasteiger partial charge on any atom is -0.488 e. The van der Waals surface area contributed by atoms with E-state index < -0.39 is 24.1 Å². The summed E-state index contributed by atoms with van der Waals surface area (Å²) in [6.45, 7) is 1.22. The normalized spacial score (nSPS) is 17.1. The molecule has 0 saturated carbocycles. The van der Waals surface area contributed by atoms with Crippen LogP contribution in [0.2, 0.25) is 0 Å². The van der Waals surface area contributed by atoms with E-state index in [-0.39, 0.29) is 25.2 Å². The zero-order valence-corrected chi connectivity index (χ0v) is 20.8. The van der Waals surface area contributed by atoms with Crippen LogP contribution >= 0.6 is 0 Å². The van der Waals surface area contributed by atoms with Gasteiger partial charge in [0.15, 0.2) is 5.78 Å². The molecule has 2 unspecified atom stereocenters. The van der Waals surface area contributed by atoms with Gasteiger partial charge in [0.05, 0.1) is 17.1 Å². The maximum Gasteiger partial charge on any atom is 0.345 e. The lowest BCUT2D eigenvalue weighted by Gasteiger charge is -2.28. The van der Waals surface area contributed by atoms with E-state index in [1.165, 1.54) is 0 Å². The molecule has 1 N–H and O–H groups in total.